The van der Waals surface area contributed by atoms with Crippen LogP contribution in [0, 0.1) is 13.8 Å². The van der Waals surface area contributed by atoms with E-state index in [4.69, 9.17) is 0 Å². The number of rotatable bonds is 5. The standard InChI is InChI=1S/C18H16N2OS2/c1-12-5-6-14(10-13(12)2)15-7-8-18(20-19-15)23-11-16(21)17-4-3-9-22-17/h3-10H,11H2,1-2H3. The van der Waals surface area contributed by atoms with Crippen molar-refractivity contribution in [3.8, 4) is 11.3 Å². The molecule has 0 spiro atoms. The molecule has 0 bridgehead atoms. The molecule has 1 aromatic carbocycles. The topological polar surface area (TPSA) is 42.9 Å². The number of Topliss-reactive ketones (excluding diaryl/α,β-unsaturated/α-hetero) is 1. The quantitative estimate of drug-likeness (QED) is 0.494. The second-order valence-electron chi connectivity index (χ2n) is 5.25. The minimum absolute atomic E-state index is 0.130. The van der Waals surface area contributed by atoms with E-state index in [2.05, 4.69) is 42.2 Å². The van der Waals surface area contributed by atoms with Gasteiger partial charge in [-0.2, -0.15) is 0 Å². The molecule has 0 aliphatic heterocycles. The van der Waals surface area contributed by atoms with Gasteiger partial charge in [0.25, 0.3) is 0 Å². The Balaban J connectivity index is 1.67. The summed E-state index contributed by atoms with van der Waals surface area (Å²) < 4.78 is 0. The molecule has 2 aromatic heterocycles. The molecule has 2 heterocycles. The zero-order valence-electron chi connectivity index (χ0n) is 12.9. The lowest BCUT2D eigenvalue weighted by molar-refractivity contribution is 0.102. The van der Waals surface area contributed by atoms with Gasteiger partial charge in [0.2, 0.25) is 0 Å². The number of thiophene rings is 1. The Bertz CT molecular complexity index is 812. The third kappa shape index (κ3) is 3.86. The zero-order chi connectivity index (χ0) is 16.2. The van der Waals surface area contributed by atoms with Crippen molar-refractivity contribution >= 4 is 28.9 Å². The van der Waals surface area contributed by atoms with Gasteiger partial charge >= 0.3 is 0 Å². The smallest absolute Gasteiger partial charge is 0.183 e. The van der Waals surface area contributed by atoms with Crippen molar-refractivity contribution in [3.63, 3.8) is 0 Å². The van der Waals surface area contributed by atoms with E-state index in [1.54, 1.807) is 0 Å². The Kier molecular flexibility index (Phi) is 4.88. The average Bonchev–Trinajstić information content (AvgIpc) is 3.10. The summed E-state index contributed by atoms with van der Waals surface area (Å²) in [7, 11) is 0. The molecule has 0 amide bonds. The summed E-state index contributed by atoms with van der Waals surface area (Å²) in [4.78, 5) is 12.8. The molecule has 0 atom stereocenters. The van der Waals surface area contributed by atoms with Gasteiger partial charge in [0.05, 0.1) is 16.3 Å². The molecular formula is C18H16N2OS2. The van der Waals surface area contributed by atoms with Crippen LogP contribution in [-0.2, 0) is 0 Å². The summed E-state index contributed by atoms with van der Waals surface area (Å²) in [5.74, 6) is 0.517. The van der Waals surface area contributed by atoms with Crippen molar-refractivity contribution in [2.24, 2.45) is 0 Å². The molecule has 3 aromatic rings. The lowest BCUT2D eigenvalue weighted by Gasteiger charge is -2.05. The van der Waals surface area contributed by atoms with E-state index in [0.29, 0.717) is 5.75 Å². The first-order chi connectivity index (χ1) is 11.1. The molecule has 116 valence electrons. The van der Waals surface area contributed by atoms with Crippen LogP contribution in [0.15, 0.2) is 52.9 Å². The molecule has 0 aliphatic carbocycles. The number of ketones is 1. The molecule has 0 N–H and O–H groups in total. The van der Waals surface area contributed by atoms with Gasteiger partial charge in [0.15, 0.2) is 5.78 Å². The molecule has 5 heteroatoms. The summed E-state index contributed by atoms with van der Waals surface area (Å²) in [6.07, 6.45) is 0. The number of aromatic nitrogens is 2. The van der Waals surface area contributed by atoms with Gasteiger partial charge in [-0.25, -0.2) is 0 Å². The number of nitrogens with zero attached hydrogens (tertiary/aromatic N) is 2. The van der Waals surface area contributed by atoms with E-state index in [1.807, 2.05) is 29.6 Å². The highest BCUT2D eigenvalue weighted by atomic mass is 32.2. The lowest BCUT2D eigenvalue weighted by atomic mass is 10.0. The third-order valence-corrected chi connectivity index (χ3v) is 5.42. The van der Waals surface area contributed by atoms with E-state index in [0.717, 1.165) is 21.2 Å². The van der Waals surface area contributed by atoms with Crippen molar-refractivity contribution in [2.45, 2.75) is 18.9 Å². The van der Waals surface area contributed by atoms with Crippen LogP contribution in [-0.4, -0.2) is 21.7 Å². The Labute approximate surface area is 143 Å². The predicted octanol–water partition coefficient (Wildman–Crippen LogP) is 4.80. The number of aryl methyl sites for hydroxylation is 2. The number of thioether (sulfide) groups is 1. The summed E-state index contributed by atoms with van der Waals surface area (Å²) in [6, 6.07) is 13.9. The number of carbonyl (C=O) groups excluding carboxylic acids is 1. The van der Waals surface area contributed by atoms with E-state index in [-0.39, 0.29) is 5.78 Å². The van der Waals surface area contributed by atoms with Crippen molar-refractivity contribution in [2.75, 3.05) is 5.75 Å². The predicted molar refractivity (Wildman–Crippen MR) is 96.3 cm³/mol. The molecular weight excluding hydrogens is 324 g/mol. The molecule has 0 aliphatic rings. The number of hydrogen-bond donors (Lipinski definition) is 0. The van der Waals surface area contributed by atoms with E-state index >= 15 is 0 Å². The van der Waals surface area contributed by atoms with Gasteiger partial charge in [0.1, 0.15) is 5.03 Å². The molecule has 0 unspecified atom stereocenters. The number of hydrogen-bond acceptors (Lipinski definition) is 5. The van der Waals surface area contributed by atoms with Crippen LogP contribution in [0.4, 0.5) is 0 Å². The summed E-state index contributed by atoms with van der Waals surface area (Å²) in [5.41, 5.74) is 4.42. The molecule has 3 nitrogen and oxygen atoms in total. The Morgan fingerprint density at radius 2 is 1.96 bits per heavy atom. The van der Waals surface area contributed by atoms with Crippen LogP contribution in [0.3, 0.4) is 0 Å². The minimum atomic E-state index is 0.130. The van der Waals surface area contributed by atoms with Crippen LogP contribution in [0.1, 0.15) is 20.8 Å². The Morgan fingerprint density at radius 3 is 2.61 bits per heavy atom. The first-order valence-corrected chi connectivity index (χ1v) is 9.11. The van der Waals surface area contributed by atoms with E-state index < -0.39 is 0 Å². The molecule has 0 saturated heterocycles. The Hall–Kier alpha value is -1.98. The van der Waals surface area contributed by atoms with Gasteiger partial charge in [-0.1, -0.05) is 30.0 Å². The molecule has 0 fully saturated rings. The second-order valence-corrected chi connectivity index (χ2v) is 7.19. The van der Waals surface area contributed by atoms with Crippen LogP contribution >= 0.6 is 23.1 Å². The summed E-state index contributed by atoms with van der Waals surface area (Å²) in [6.45, 7) is 4.18. The normalized spacial score (nSPS) is 10.7. The van der Waals surface area contributed by atoms with Gasteiger partial charge < -0.3 is 0 Å². The van der Waals surface area contributed by atoms with Crippen molar-refractivity contribution < 1.29 is 4.79 Å². The van der Waals surface area contributed by atoms with Crippen LogP contribution in [0.5, 0.6) is 0 Å². The van der Waals surface area contributed by atoms with Crippen LogP contribution in [0.25, 0.3) is 11.3 Å². The fourth-order valence-electron chi connectivity index (χ4n) is 2.10. The van der Waals surface area contributed by atoms with Gasteiger partial charge in [-0.3, -0.25) is 4.79 Å². The van der Waals surface area contributed by atoms with Crippen LogP contribution in [0.2, 0.25) is 0 Å². The van der Waals surface area contributed by atoms with Gasteiger partial charge in [-0.15, -0.1) is 21.5 Å². The first kappa shape index (κ1) is 15.9. The van der Waals surface area contributed by atoms with Crippen molar-refractivity contribution in [3.05, 3.63) is 63.8 Å². The SMILES string of the molecule is Cc1ccc(-c2ccc(SCC(=O)c3cccs3)nn2)cc1C. The molecule has 3 rings (SSSR count). The second kappa shape index (κ2) is 7.06. The summed E-state index contributed by atoms with van der Waals surface area (Å²) >= 11 is 2.89. The maximum Gasteiger partial charge on any atom is 0.183 e. The highest BCUT2D eigenvalue weighted by molar-refractivity contribution is 7.99. The fourth-order valence-corrected chi connectivity index (χ4v) is 3.55. The maximum atomic E-state index is 12.0. The number of benzene rings is 1. The summed E-state index contributed by atoms with van der Waals surface area (Å²) in [5, 5.41) is 11.2. The maximum absolute atomic E-state index is 12.0. The Morgan fingerprint density at radius 1 is 1.09 bits per heavy atom. The lowest BCUT2D eigenvalue weighted by Crippen LogP contribution is -2.00. The van der Waals surface area contributed by atoms with Gasteiger partial charge in [0, 0.05) is 5.56 Å². The van der Waals surface area contributed by atoms with E-state index in [9.17, 15) is 4.79 Å². The zero-order valence-corrected chi connectivity index (χ0v) is 14.6. The average molecular weight is 340 g/mol. The number of carbonyl (C=O) groups is 1. The van der Waals surface area contributed by atoms with E-state index in [1.165, 1.54) is 34.2 Å². The third-order valence-electron chi connectivity index (χ3n) is 3.59. The van der Waals surface area contributed by atoms with Gasteiger partial charge in [-0.05, 0) is 54.6 Å². The molecule has 0 radical (unpaired) electrons. The highest BCUT2D eigenvalue weighted by Crippen LogP contribution is 2.23. The molecule has 0 saturated carbocycles. The fraction of sp³-hybridized carbons (Fsp3) is 0.167. The minimum Gasteiger partial charge on any atom is -0.292 e. The van der Waals surface area contributed by atoms with Crippen molar-refractivity contribution in [1.29, 1.82) is 0 Å². The first-order valence-electron chi connectivity index (χ1n) is 7.24. The monoisotopic (exact) mass is 340 g/mol. The largest absolute Gasteiger partial charge is 0.292 e. The van der Waals surface area contributed by atoms with Crippen molar-refractivity contribution in [1.82, 2.24) is 10.2 Å². The molecule has 23 heavy (non-hydrogen) atoms. The highest BCUT2D eigenvalue weighted by Gasteiger charge is 2.09. The van der Waals surface area contributed by atoms with Crippen LogP contribution < -0.4 is 0 Å².